The third-order valence-corrected chi connectivity index (χ3v) is 7.49. The lowest BCUT2D eigenvalue weighted by molar-refractivity contribution is -0.123. The number of benzene rings is 3. The van der Waals surface area contributed by atoms with Crippen molar-refractivity contribution in [2.75, 3.05) is 32.2 Å². The Kier molecular flexibility index (Phi) is 9.54. The molecule has 4 rings (SSSR count). The van der Waals surface area contributed by atoms with Gasteiger partial charge in [0.05, 0.1) is 23.0 Å². The highest BCUT2D eigenvalue weighted by Gasteiger charge is 2.35. The maximum absolute atomic E-state index is 13.0. The number of carbonyl (C=O) groups is 3. The third-order valence-electron chi connectivity index (χ3n) is 5.99. The zero-order chi connectivity index (χ0) is 28.8. The summed E-state index contributed by atoms with van der Waals surface area (Å²) in [5, 5.41) is 2.44. The maximum Gasteiger partial charge on any atom is 0.293 e. The van der Waals surface area contributed by atoms with Gasteiger partial charge in [0.1, 0.15) is 12.4 Å². The number of rotatable bonds is 10. The predicted octanol–water partition coefficient (Wildman–Crippen LogP) is 6.52. The molecule has 1 heterocycles. The van der Waals surface area contributed by atoms with Gasteiger partial charge >= 0.3 is 0 Å². The number of amides is 3. The lowest BCUT2D eigenvalue weighted by Crippen LogP contribution is -2.32. The normalized spacial score (nSPS) is 14.0. The van der Waals surface area contributed by atoms with E-state index in [9.17, 15) is 14.4 Å². The number of nitrogens with zero attached hydrogens (tertiary/aromatic N) is 1. The van der Waals surface area contributed by atoms with E-state index in [1.165, 1.54) is 12.0 Å². The van der Waals surface area contributed by atoms with E-state index in [1.54, 1.807) is 24.3 Å². The van der Waals surface area contributed by atoms with Crippen molar-refractivity contribution in [3.63, 3.8) is 0 Å². The second-order valence-electron chi connectivity index (χ2n) is 9.19. The average Bonchev–Trinajstić information content (AvgIpc) is 3.17. The van der Waals surface area contributed by atoms with E-state index in [2.05, 4.69) is 21.2 Å². The van der Waals surface area contributed by atoms with Crippen LogP contribution in [0.3, 0.4) is 0 Å². The summed E-state index contributed by atoms with van der Waals surface area (Å²) < 4.78 is 17.6. The first-order chi connectivity index (χ1) is 19.1. The van der Waals surface area contributed by atoms with E-state index in [1.807, 2.05) is 57.2 Å². The monoisotopic (exact) mass is 624 g/mol. The predicted molar refractivity (Wildman–Crippen MR) is 160 cm³/mol. The molecule has 0 radical (unpaired) electrons. The fourth-order valence-electron chi connectivity index (χ4n) is 3.97. The molecular weight excluding hydrogens is 596 g/mol. The van der Waals surface area contributed by atoms with Crippen molar-refractivity contribution in [1.82, 2.24) is 4.90 Å². The Bertz CT molecular complexity index is 1490. The zero-order valence-electron chi connectivity index (χ0n) is 22.6. The molecule has 0 aromatic heterocycles. The fraction of sp³-hybridized carbons (Fsp3) is 0.233. The Morgan fingerprint density at radius 1 is 1.00 bits per heavy atom. The van der Waals surface area contributed by atoms with Crippen LogP contribution in [0.4, 0.5) is 10.5 Å². The molecule has 0 unspecified atom stereocenters. The molecule has 0 atom stereocenters. The fourth-order valence-corrected chi connectivity index (χ4v) is 5.41. The quantitative estimate of drug-likeness (QED) is 0.257. The number of halogens is 1. The minimum Gasteiger partial charge on any atom is -0.493 e. The van der Waals surface area contributed by atoms with Crippen LogP contribution in [-0.4, -0.2) is 48.8 Å². The van der Waals surface area contributed by atoms with E-state index in [0.29, 0.717) is 27.2 Å². The van der Waals surface area contributed by atoms with Crippen LogP contribution in [0, 0.1) is 20.8 Å². The van der Waals surface area contributed by atoms with Gasteiger partial charge in [-0.25, -0.2) is 0 Å². The van der Waals surface area contributed by atoms with Gasteiger partial charge in [-0.15, -0.1) is 0 Å². The summed E-state index contributed by atoms with van der Waals surface area (Å²) in [5.74, 6) is 0.733. The number of ether oxygens (including phenoxy) is 3. The third kappa shape index (κ3) is 7.25. The number of nitrogens with one attached hydrogen (secondary N) is 1. The Hall–Kier alpha value is -3.76. The topological polar surface area (TPSA) is 94.2 Å². The molecule has 8 nitrogen and oxygen atoms in total. The summed E-state index contributed by atoms with van der Waals surface area (Å²) in [6, 6.07) is 16.8. The van der Waals surface area contributed by atoms with Crippen molar-refractivity contribution in [2.24, 2.45) is 0 Å². The highest BCUT2D eigenvalue weighted by molar-refractivity contribution is 9.10. The Balaban J connectivity index is 1.40. The van der Waals surface area contributed by atoms with Crippen LogP contribution >= 0.6 is 27.7 Å². The highest BCUT2D eigenvalue weighted by atomic mass is 79.9. The number of hydrogen-bond donors (Lipinski definition) is 1. The van der Waals surface area contributed by atoms with Gasteiger partial charge in [0.25, 0.3) is 17.1 Å². The second kappa shape index (κ2) is 13.1. The van der Waals surface area contributed by atoms with Gasteiger partial charge in [-0.1, -0.05) is 24.3 Å². The summed E-state index contributed by atoms with van der Waals surface area (Å²) in [6.07, 6.45) is 1.62. The van der Waals surface area contributed by atoms with E-state index in [0.717, 1.165) is 34.2 Å². The smallest absolute Gasteiger partial charge is 0.293 e. The Morgan fingerprint density at radius 3 is 2.52 bits per heavy atom. The molecular formula is C30H29BrN2O6S. The minimum atomic E-state index is -0.386. The maximum atomic E-state index is 13.0. The molecule has 3 aromatic rings. The number of imide groups is 1. The number of methoxy groups -OCH3 is 1. The van der Waals surface area contributed by atoms with Crippen LogP contribution < -0.4 is 19.5 Å². The average molecular weight is 626 g/mol. The second-order valence-corrected chi connectivity index (χ2v) is 11.0. The van der Waals surface area contributed by atoms with Gasteiger partial charge < -0.3 is 19.5 Å². The summed E-state index contributed by atoms with van der Waals surface area (Å²) >= 11 is 4.34. The van der Waals surface area contributed by atoms with E-state index in [-0.39, 0.29) is 41.7 Å². The lowest BCUT2D eigenvalue weighted by atomic mass is 10.1. The van der Waals surface area contributed by atoms with Gasteiger partial charge in [-0.3, -0.25) is 19.3 Å². The Labute approximate surface area is 245 Å². The molecule has 1 aliphatic heterocycles. The van der Waals surface area contributed by atoms with Gasteiger partial charge in [0.15, 0.2) is 18.1 Å². The number of aryl methyl sites for hydroxylation is 3. The van der Waals surface area contributed by atoms with Crippen LogP contribution in [0.15, 0.2) is 64.0 Å². The van der Waals surface area contributed by atoms with Crippen molar-refractivity contribution in [1.29, 1.82) is 0 Å². The standard InChI is InChI=1S/C30H29BrN2O6S/c1-18-6-5-7-22(12-18)32-27(34)17-39-28-23(31)14-21(15-25(28)37-4)16-26-29(35)33(30(36)40-26)10-11-38-24-13-19(2)8-9-20(24)3/h5-9,12-16H,10-11,17H2,1-4H3,(H,32,34)/b26-16-. The SMILES string of the molecule is COc1cc(/C=C2\SC(=O)N(CCOc3cc(C)ccc3C)C2=O)cc(Br)c1OCC(=O)Nc1cccc(C)c1. The molecule has 1 fully saturated rings. The molecule has 0 aliphatic carbocycles. The molecule has 0 bridgehead atoms. The molecule has 1 N–H and O–H groups in total. The van der Waals surface area contributed by atoms with E-state index in [4.69, 9.17) is 14.2 Å². The van der Waals surface area contributed by atoms with Crippen molar-refractivity contribution in [3.8, 4) is 17.2 Å². The van der Waals surface area contributed by atoms with Crippen LogP contribution in [-0.2, 0) is 9.59 Å². The van der Waals surface area contributed by atoms with Crippen molar-refractivity contribution < 1.29 is 28.6 Å². The molecule has 10 heteroatoms. The Morgan fingerprint density at radius 2 is 1.77 bits per heavy atom. The number of carbonyl (C=O) groups excluding carboxylic acids is 3. The molecule has 40 heavy (non-hydrogen) atoms. The van der Waals surface area contributed by atoms with Crippen molar-refractivity contribution in [2.45, 2.75) is 20.8 Å². The summed E-state index contributed by atoms with van der Waals surface area (Å²) in [5.41, 5.74) is 4.39. The van der Waals surface area contributed by atoms with Gasteiger partial charge in [0.2, 0.25) is 0 Å². The van der Waals surface area contributed by atoms with Crippen LogP contribution in [0.1, 0.15) is 22.3 Å². The van der Waals surface area contributed by atoms with E-state index < -0.39 is 0 Å². The first-order valence-electron chi connectivity index (χ1n) is 12.5. The first-order valence-corrected chi connectivity index (χ1v) is 14.1. The molecule has 0 spiro atoms. The van der Waals surface area contributed by atoms with E-state index >= 15 is 0 Å². The molecule has 3 amide bonds. The van der Waals surface area contributed by atoms with Crippen LogP contribution in [0.25, 0.3) is 6.08 Å². The van der Waals surface area contributed by atoms with Crippen LogP contribution in [0.5, 0.6) is 17.2 Å². The molecule has 1 saturated heterocycles. The molecule has 3 aromatic carbocycles. The molecule has 0 saturated carbocycles. The first kappa shape index (κ1) is 29.2. The van der Waals surface area contributed by atoms with Crippen molar-refractivity contribution in [3.05, 3.63) is 86.2 Å². The van der Waals surface area contributed by atoms with Gasteiger partial charge in [0, 0.05) is 5.69 Å². The van der Waals surface area contributed by atoms with Gasteiger partial charge in [-0.05, 0) is 107 Å². The van der Waals surface area contributed by atoms with Crippen LogP contribution in [0.2, 0.25) is 0 Å². The molecule has 208 valence electrons. The molecule has 1 aliphatic rings. The number of hydrogen-bond acceptors (Lipinski definition) is 7. The lowest BCUT2D eigenvalue weighted by Gasteiger charge is -2.15. The minimum absolute atomic E-state index is 0.139. The number of anilines is 1. The van der Waals surface area contributed by atoms with Crippen molar-refractivity contribution >= 4 is 56.5 Å². The summed E-state index contributed by atoms with van der Waals surface area (Å²) in [4.78, 5) is 39.4. The van der Waals surface area contributed by atoms with Gasteiger partial charge in [-0.2, -0.15) is 0 Å². The summed E-state index contributed by atoms with van der Waals surface area (Å²) in [6.45, 7) is 5.96. The highest BCUT2D eigenvalue weighted by Crippen LogP contribution is 2.39. The number of thioether (sulfide) groups is 1. The summed E-state index contributed by atoms with van der Waals surface area (Å²) in [7, 11) is 1.48. The largest absolute Gasteiger partial charge is 0.493 e. The zero-order valence-corrected chi connectivity index (χ0v) is 25.0.